The van der Waals surface area contributed by atoms with Crippen LogP contribution in [-0.4, -0.2) is 20.8 Å². The van der Waals surface area contributed by atoms with Crippen molar-refractivity contribution in [1.82, 2.24) is 0 Å². The van der Waals surface area contributed by atoms with Crippen molar-refractivity contribution in [2.75, 3.05) is 20.8 Å². The van der Waals surface area contributed by atoms with Crippen molar-refractivity contribution in [2.24, 2.45) is 0 Å². The molecule has 152 valence electrons. The minimum Gasteiger partial charge on any atom is -0.496 e. The molecule has 0 aromatic heterocycles. The van der Waals surface area contributed by atoms with Crippen molar-refractivity contribution in [3.63, 3.8) is 0 Å². The molecule has 1 atom stereocenters. The third kappa shape index (κ3) is 3.92. The first kappa shape index (κ1) is 21.1. The highest BCUT2D eigenvalue weighted by molar-refractivity contribution is 6.33. The van der Waals surface area contributed by atoms with Crippen molar-refractivity contribution >= 4 is 11.6 Å². The first-order valence-electron chi connectivity index (χ1n) is 9.76. The minimum atomic E-state index is -0.0526. The van der Waals surface area contributed by atoms with Gasteiger partial charge in [-0.3, -0.25) is 0 Å². The van der Waals surface area contributed by atoms with E-state index in [9.17, 15) is 0 Å². The number of hydrogen-bond acceptors (Lipinski definition) is 3. The first-order chi connectivity index (χ1) is 14.0. The van der Waals surface area contributed by atoms with E-state index in [-0.39, 0.29) is 5.92 Å². The molecule has 0 saturated heterocycles. The van der Waals surface area contributed by atoms with Crippen molar-refractivity contribution in [3.8, 4) is 28.4 Å². The zero-order chi connectivity index (χ0) is 21.0. The molecule has 0 heterocycles. The molecule has 4 heteroatoms. The van der Waals surface area contributed by atoms with E-state index < -0.39 is 0 Å². The standard InChI is InChI=1S/C25H27ClO3/c1-6-29-24-21(18-12-8-7-9-13-18)17(3)23(26)25(28-5)22(24)16(2)19-14-10-11-15-20(19)27-4/h7-16H,6H2,1-5H3. The van der Waals surface area contributed by atoms with Crippen LogP contribution in [0, 0.1) is 6.92 Å². The molecule has 0 amide bonds. The molecule has 3 aromatic carbocycles. The number of para-hydroxylation sites is 1. The highest BCUT2D eigenvalue weighted by atomic mass is 35.5. The lowest BCUT2D eigenvalue weighted by Gasteiger charge is -2.26. The summed E-state index contributed by atoms with van der Waals surface area (Å²) in [5.41, 5.74) is 4.97. The molecule has 3 aromatic rings. The highest BCUT2D eigenvalue weighted by Crippen LogP contribution is 2.51. The number of ether oxygens (including phenoxy) is 3. The second kappa shape index (κ2) is 9.23. The third-order valence-electron chi connectivity index (χ3n) is 5.21. The monoisotopic (exact) mass is 410 g/mol. The number of benzene rings is 3. The molecule has 0 bridgehead atoms. The fourth-order valence-corrected chi connectivity index (χ4v) is 4.10. The molecule has 29 heavy (non-hydrogen) atoms. The Morgan fingerprint density at radius 1 is 0.897 bits per heavy atom. The van der Waals surface area contributed by atoms with E-state index >= 15 is 0 Å². The number of methoxy groups -OCH3 is 2. The maximum Gasteiger partial charge on any atom is 0.145 e. The molecule has 0 radical (unpaired) electrons. The molecule has 0 saturated carbocycles. The highest BCUT2D eigenvalue weighted by Gasteiger charge is 2.29. The minimum absolute atomic E-state index is 0.0526. The fraction of sp³-hybridized carbons (Fsp3) is 0.280. The van der Waals surface area contributed by atoms with Gasteiger partial charge in [0.1, 0.15) is 17.2 Å². The molecule has 0 aliphatic heterocycles. The summed E-state index contributed by atoms with van der Waals surface area (Å²) >= 11 is 6.82. The number of hydrogen-bond donors (Lipinski definition) is 0. The molecule has 0 aliphatic carbocycles. The summed E-state index contributed by atoms with van der Waals surface area (Å²) in [5.74, 6) is 2.22. The van der Waals surface area contributed by atoms with Crippen LogP contribution in [0.3, 0.4) is 0 Å². The van der Waals surface area contributed by atoms with Gasteiger partial charge >= 0.3 is 0 Å². The Morgan fingerprint density at radius 2 is 1.55 bits per heavy atom. The molecule has 1 unspecified atom stereocenters. The molecule has 3 rings (SSSR count). The Labute approximate surface area is 178 Å². The third-order valence-corrected chi connectivity index (χ3v) is 5.67. The quantitative estimate of drug-likeness (QED) is 0.424. The van der Waals surface area contributed by atoms with Crippen LogP contribution >= 0.6 is 11.6 Å². The van der Waals surface area contributed by atoms with Crippen LogP contribution in [-0.2, 0) is 0 Å². The predicted molar refractivity (Wildman–Crippen MR) is 120 cm³/mol. The first-order valence-corrected chi connectivity index (χ1v) is 10.1. The Hall–Kier alpha value is -2.65. The SMILES string of the molecule is CCOc1c(-c2ccccc2)c(C)c(Cl)c(OC)c1C(C)c1ccccc1OC. The normalized spacial score (nSPS) is 11.8. The largest absolute Gasteiger partial charge is 0.496 e. The Kier molecular flexibility index (Phi) is 6.71. The van der Waals surface area contributed by atoms with Gasteiger partial charge in [0.2, 0.25) is 0 Å². The summed E-state index contributed by atoms with van der Waals surface area (Å²) in [6.45, 7) is 6.66. The summed E-state index contributed by atoms with van der Waals surface area (Å²) in [7, 11) is 3.33. The second-order valence-electron chi connectivity index (χ2n) is 6.85. The van der Waals surface area contributed by atoms with Gasteiger partial charge in [-0.25, -0.2) is 0 Å². The maximum atomic E-state index is 6.82. The Balaban J connectivity index is 2.37. The van der Waals surface area contributed by atoms with Gasteiger partial charge in [0.25, 0.3) is 0 Å². The van der Waals surface area contributed by atoms with Crippen LogP contribution in [0.15, 0.2) is 54.6 Å². The van der Waals surface area contributed by atoms with E-state index in [4.69, 9.17) is 25.8 Å². The Bertz CT molecular complexity index is 983. The van der Waals surface area contributed by atoms with Gasteiger partial charge in [0.05, 0.1) is 25.8 Å². The molecular formula is C25H27ClO3. The van der Waals surface area contributed by atoms with Gasteiger partial charge in [-0.15, -0.1) is 0 Å². The van der Waals surface area contributed by atoms with Crippen LogP contribution in [0.4, 0.5) is 0 Å². The summed E-state index contributed by atoms with van der Waals surface area (Å²) in [6, 6.07) is 18.2. The zero-order valence-electron chi connectivity index (χ0n) is 17.6. The van der Waals surface area contributed by atoms with Gasteiger partial charge in [0.15, 0.2) is 0 Å². The lowest BCUT2D eigenvalue weighted by molar-refractivity contribution is 0.330. The lowest BCUT2D eigenvalue weighted by atomic mass is 9.86. The summed E-state index contributed by atoms with van der Waals surface area (Å²) in [6.07, 6.45) is 0. The Morgan fingerprint density at radius 3 is 2.17 bits per heavy atom. The van der Waals surface area contributed by atoms with E-state index in [1.807, 2.05) is 50.2 Å². The predicted octanol–water partition coefficient (Wildman–Crippen LogP) is 6.88. The van der Waals surface area contributed by atoms with Crippen molar-refractivity contribution in [1.29, 1.82) is 0 Å². The second-order valence-corrected chi connectivity index (χ2v) is 7.23. The molecule has 0 fully saturated rings. The molecule has 0 spiro atoms. The van der Waals surface area contributed by atoms with Crippen LogP contribution in [0.2, 0.25) is 5.02 Å². The topological polar surface area (TPSA) is 27.7 Å². The summed E-state index contributed by atoms with van der Waals surface area (Å²) in [5, 5.41) is 0.603. The lowest BCUT2D eigenvalue weighted by Crippen LogP contribution is -2.09. The average Bonchev–Trinajstić information content (AvgIpc) is 2.76. The maximum absolute atomic E-state index is 6.82. The van der Waals surface area contributed by atoms with Crippen molar-refractivity contribution in [2.45, 2.75) is 26.7 Å². The van der Waals surface area contributed by atoms with Crippen molar-refractivity contribution < 1.29 is 14.2 Å². The van der Waals surface area contributed by atoms with Gasteiger partial charge < -0.3 is 14.2 Å². The van der Waals surface area contributed by atoms with Crippen LogP contribution in [0.1, 0.15) is 36.5 Å². The number of rotatable bonds is 7. The van der Waals surface area contributed by atoms with E-state index in [2.05, 4.69) is 25.1 Å². The van der Waals surface area contributed by atoms with Crippen molar-refractivity contribution in [3.05, 3.63) is 76.3 Å². The average molecular weight is 411 g/mol. The zero-order valence-corrected chi connectivity index (χ0v) is 18.3. The van der Waals surface area contributed by atoms with Gasteiger partial charge in [-0.05, 0) is 31.0 Å². The fourth-order valence-electron chi connectivity index (χ4n) is 3.83. The molecule has 0 N–H and O–H groups in total. The van der Waals surface area contributed by atoms with E-state index in [0.717, 1.165) is 39.3 Å². The van der Waals surface area contributed by atoms with Crippen LogP contribution < -0.4 is 14.2 Å². The van der Waals surface area contributed by atoms with Crippen LogP contribution in [0.5, 0.6) is 17.2 Å². The van der Waals surface area contributed by atoms with Crippen LogP contribution in [0.25, 0.3) is 11.1 Å². The molecular weight excluding hydrogens is 384 g/mol. The van der Waals surface area contributed by atoms with Gasteiger partial charge in [0, 0.05) is 22.6 Å². The van der Waals surface area contributed by atoms with Gasteiger partial charge in [-0.1, -0.05) is 67.1 Å². The van der Waals surface area contributed by atoms with E-state index in [1.54, 1.807) is 14.2 Å². The van der Waals surface area contributed by atoms with E-state index in [0.29, 0.717) is 17.4 Å². The summed E-state index contributed by atoms with van der Waals surface area (Å²) < 4.78 is 17.7. The van der Waals surface area contributed by atoms with Gasteiger partial charge in [-0.2, -0.15) is 0 Å². The van der Waals surface area contributed by atoms with E-state index in [1.165, 1.54) is 0 Å². The summed E-state index contributed by atoms with van der Waals surface area (Å²) in [4.78, 5) is 0. The molecule has 3 nitrogen and oxygen atoms in total. The number of halogens is 1. The smallest absolute Gasteiger partial charge is 0.145 e. The molecule has 0 aliphatic rings.